The van der Waals surface area contributed by atoms with Crippen molar-refractivity contribution >= 4 is 22.6 Å². The van der Waals surface area contributed by atoms with Crippen LogP contribution in [0.5, 0.6) is 0 Å². The van der Waals surface area contributed by atoms with Gasteiger partial charge in [-0.15, -0.1) is 0 Å². The Kier molecular flexibility index (Phi) is 6.25. The molecule has 9 nitrogen and oxygen atoms in total. The number of rotatable bonds is 8. The van der Waals surface area contributed by atoms with Crippen LogP contribution in [0, 0.1) is 6.92 Å². The number of carbonyl (C=O) groups is 1. The summed E-state index contributed by atoms with van der Waals surface area (Å²) in [4.78, 5) is 33.8. The Morgan fingerprint density at radius 3 is 2.81 bits per heavy atom. The summed E-state index contributed by atoms with van der Waals surface area (Å²) in [7, 11) is 1.89. The van der Waals surface area contributed by atoms with Crippen LogP contribution in [0.15, 0.2) is 59.8 Å². The standard InChI is InChI=1S/C23H25N7O2/c1-16-12-27-22(25-10-8-19-5-3-4-9-24-19)23(32)30(16)15-21(31)26-13-17-6-7-20-18(11-17)14-28-29(20)2/h3-7,9,11-12,14H,8,10,13,15H2,1-2H3,(H,25,27)(H,26,31). The van der Waals surface area contributed by atoms with E-state index < -0.39 is 0 Å². The fourth-order valence-corrected chi connectivity index (χ4v) is 3.47. The van der Waals surface area contributed by atoms with Crippen LogP contribution in [0.25, 0.3) is 10.9 Å². The molecule has 0 spiro atoms. The van der Waals surface area contributed by atoms with Gasteiger partial charge in [0.1, 0.15) is 6.54 Å². The van der Waals surface area contributed by atoms with Crippen molar-refractivity contribution < 1.29 is 4.79 Å². The average Bonchev–Trinajstić information content (AvgIpc) is 3.17. The fraction of sp³-hybridized carbons (Fsp3) is 0.261. The van der Waals surface area contributed by atoms with Gasteiger partial charge < -0.3 is 10.6 Å². The molecule has 0 saturated carbocycles. The molecule has 0 bridgehead atoms. The predicted octanol–water partition coefficient (Wildman–Crippen LogP) is 1.80. The Labute approximate surface area is 185 Å². The van der Waals surface area contributed by atoms with Crippen LogP contribution in [-0.4, -0.2) is 36.8 Å². The Balaban J connectivity index is 1.37. The summed E-state index contributed by atoms with van der Waals surface area (Å²) in [5.41, 5.74) is 3.23. The highest BCUT2D eigenvalue weighted by Crippen LogP contribution is 2.14. The molecule has 3 heterocycles. The van der Waals surface area contributed by atoms with Crippen molar-refractivity contribution in [3.8, 4) is 0 Å². The van der Waals surface area contributed by atoms with E-state index in [1.807, 2.05) is 43.4 Å². The van der Waals surface area contributed by atoms with Crippen molar-refractivity contribution in [2.24, 2.45) is 7.05 Å². The quantitative estimate of drug-likeness (QED) is 0.441. The van der Waals surface area contributed by atoms with Gasteiger partial charge in [0.25, 0.3) is 5.56 Å². The molecule has 3 aromatic heterocycles. The number of pyridine rings is 1. The lowest BCUT2D eigenvalue weighted by molar-refractivity contribution is -0.121. The van der Waals surface area contributed by atoms with Crippen LogP contribution in [-0.2, 0) is 31.4 Å². The van der Waals surface area contributed by atoms with Gasteiger partial charge in [0, 0.05) is 55.7 Å². The van der Waals surface area contributed by atoms with E-state index in [0.29, 0.717) is 25.2 Å². The molecule has 0 saturated heterocycles. The van der Waals surface area contributed by atoms with Crippen molar-refractivity contribution in [2.45, 2.75) is 26.4 Å². The number of aromatic nitrogens is 5. The lowest BCUT2D eigenvalue weighted by Crippen LogP contribution is -2.34. The summed E-state index contributed by atoms with van der Waals surface area (Å²) in [6.07, 6.45) is 5.79. The van der Waals surface area contributed by atoms with Crippen LogP contribution in [0.1, 0.15) is 17.0 Å². The molecule has 2 N–H and O–H groups in total. The first-order chi connectivity index (χ1) is 15.5. The molecule has 0 atom stereocenters. The summed E-state index contributed by atoms with van der Waals surface area (Å²) in [5, 5.41) is 11.2. The third kappa shape index (κ3) is 4.83. The first-order valence-corrected chi connectivity index (χ1v) is 10.4. The maximum absolute atomic E-state index is 12.8. The number of hydrogen-bond donors (Lipinski definition) is 2. The summed E-state index contributed by atoms with van der Waals surface area (Å²) < 4.78 is 3.23. The predicted molar refractivity (Wildman–Crippen MR) is 122 cm³/mol. The minimum atomic E-state index is -0.321. The smallest absolute Gasteiger partial charge is 0.293 e. The van der Waals surface area contributed by atoms with Crippen molar-refractivity contribution in [3.63, 3.8) is 0 Å². The van der Waals surface area contributed by atoms with Crippen LogP contribution in [0.3, 0.4) is 0 Å². The minimum Gasteiger partial charge on any atom is -0.365 e. The largest absolute Gasteiger partial charge is 0.365 e. The van der Waals surface area contributed by atoms with E-state index in [-0.39, 0.29) is 23.8 Å². The molecule has 0 radical (unpaired) electrons. The third-order valence-electron chi connectivity index (χ3n) is 5.26. The van der Waals surface area contributed by atoms with Gasteiger partial charge in [0.2, 0.25) is 5.91 Å². The van der Waals surface area contributed by atoms with Gasteiger partial charge in [-0.1, -0.05) is 12.1 Å². The van der Waals surface area contributed by atoms with Gasteiger partial charge in [-0.2, -0.15) is 5.10 Å². The molecule has 0 aliphatic rings. The van der Waals surface area contributed by atoms with Gasteiger partial charge in [-0.05, 0) is 36.8 Å². The molecule has 0 aliphatic carbocycles. The van der Waals surface area contributed by atoms with Crippen molar-refractivity contribution in [1.82, 2.24) is 29.6 Å². The molecule has 9 heteroatoms. The number of amides is 1. The zero-order chi connectivity index (χ0) is 22.5. The second-order valence-corrected chi connectivity index (χ2v) is 7.58. The Hall–Kier alpha value is -4.01. The molecule has 32 heavy (non-hydrogen) atoms. The fourth-order valence-electron chi connectivity index (χ4n) is 3.47. The van der Waals surface area contributed by atoms with Crippen molar-refractivity contribution in [3.05, 3.63) is 82.3 Å². The highest BCUT2D eigenvalue weighted by molar-refractivity contribution is 5.80. The first-order valence-electron chi connectivity index (χ1n) is 10.4. The zero-order valence-electron chi connectivity index (χ0n) is 18.1. The van der Waals surface area contributed by atoms with E-state index in [9.17, 15) is 9.59 Å². The number of nitrogens with zero attached hydrogens (tertiary/aromatic N) is 5. The van der Waals surface area contributed by atoms with Crippen LogP contribution >= 0.6 is 0 Å². The minimum absolute atomic E-state index is 0.0722. The molecule has 4 rings (SSSR count). The van der Waals surface area contributed by atoms with Gasteiger partial charge >= 0.3 is 0 Å². The Morgan fingerprint density at radius 2 is 2.00 bits per heavy atom. The van der Waals surface area contributed by atoms with E-state index in [4.69, 9.17) is 0 Å². The zero-order valence-corrected chi connectivity index (χ0v) is 18.1. The summed E-state index contributed by atoms with van der Waals surface area (Å²) >= 11 is 0. The molecular weight excluding hydrogens is 406 g/mol. The Morgan fingerprint density at radius 1 is 1.12 bits per heavy atom. The van der Waals surface area contributed by atoms with E-state index in [0.717, 1.165) is 22.2 Å². The molecule has 1 aromatic carbocycles. The average molecular weight is 432 g/mol. The van der Waals surface area contributed by atoms with Crippen LogP contribution < -0.4 is 16.2 Å². The van der Waals surface area contributed by atoms with Crippen molar-refractivity contribution in [2.75, 3.05) is 11.9 Å². The highest BCUT2D eigenvalue weighted by atomic mass is 16.2. The summed E-state index contributed by atoms with van der Waals surface area (Å²) in [6.45, 7) is 2.58. The maximum Gasteiger partial charge on any atom is 0.293 e. The number of anilines is 1. The van der Waals surface area contributed by atoms with Gasteiger partial charge in [-0.3, -0.25) is 23.8 Å². The van der Waals surface area contributed by atoms with E-state index in [1.165, 1.54) is 4.57 Å². The highest BCUT2D eigenvalue weighted by Gasteiger charge is 2.12. The molecule has 0 aliphatic heterocycles. The van der Waals surface area contributed by atoms with E-state index in [1.54, 1.807) is 30.2 Å². The topological polar surface area (TPSA) is 107 Å². The van der Waals surface area contributed by atoms with Crippen LogP contribution in [0.4, 0.5) is 5.82 Å². The molecular formula is C23H25N7O2. The number of nitrogens with one attached hydrogen (secondary N) is 2. The molecule has 0 fully saturated rings. The molecule has 0 unspecified atom stereocenters. The first kappa shape index (κ1) is 21.2. The second-order valence-electron chi connectivity index (χ2n) is 7.58. The number of fused-ring (bicyclic) bond motifs is 1. The number of carbonyl (C=O) groups excluding carboxylic acids is 1. The van der Waals surface area contributed by atoms with Gasteiger partial charge in [-0.25, -0.2) is 4.98 Å². The molecule has 4 aromatic rings. The van der Waals surface area contributed by atoms with E-state index >= 15 is 0 Å². The Bertz CT molecular complexity index is 1290. The summed E-state index contributed by atoms with van der Waals surface area (Å²) in [6, 6.07) is 11.6. The lowest BCUT2D eigenvalue weighted by Gasteiger charge is -2.12. The van der Waals surface area contributed by atoms with Crippen molar-refractivity contribution in [1.29, 1.82) is 0 Å². The van der Waals surface area contributed by atoms with Gasteiger partial charge in [0.15, 0.2) is 5.82 Å². The van der Waals surface area contributed by atoms with Gasteiger partial charge in [0.05, 0.1) is 11.7 Å². The number of aryl methyl sites for hydroxylation is 2. The normalized spacial score (nSPS) is 10.9. The van der Waals surface area contributed by atoms with Crippen LogP contribution in [0.2, 0.25) is 0 Å². The summed E-state index contributed by atoms with van der Waals surface area (Å²) in [5.74, 6) is -0.0199. The molecule has 1 amide bonds. The lowest BCUT2D eigenvalue weighted by atomic mass is 10.1. The van der Waals surface area contributed by atoms with E-state index in [2.05, 4.69) is 25.7 Å². The monoisotopic (exact) mass is 431 g/mol. The number of benzene rings is 1. The SMILES string of the molecule is Cc1cnc(NCCc2ccccn2)c(=O)n1CC(=O)NCc1ccc2c(cnn2C)c1. The third-order valence-corrected chi connectivity index (χ3v) is 5.26. The second kappa shape index (κ2) is 9.42. The maximum atomic E-state index is 12.8. The molecule has 164 valence electrons. The number of hydrogen-bond acceptors (Lipinski definition) is 6.